The highest BCUT2D eigenvalue weighted by molar-refractivity contribution is 6.30. The minimum absolute atomic E-state index is 0.0318. The smallest absolute Gasteiger partial charge is 0.224 e. The van der Waals surface area contributed by atoms with Gasteiger partial charge in [0.25, 0.3) is 0 Å². The van der Waals surface area contributed by atoms with Gasteiger partial charge in [0, 0.05) is 16.6 Å². The molecular formula is C19H17ClN2O. The van der Waals surface area contributed by atoms with Crippen LogP contribution >= 0.6 is 11.6 Å². The number of halogens is 1. The number of nitrogens with zero attached hydrogens (tertiary/aromatic N) is 1. The first kappa shape index (κ1) is 15.5. The summed E-state index contributed by atoms with van der Waals surface area (Å²) in [5.74, 6) is -0.0318. The van der Waals surface area contributed by atoms with Gasteiger partial charge in [-0.3, -0.25) is 9.78 Å². The Balaban J connectivity index is 1.74. The molecule has 4 heteroatoms. The SMILES string of the molecule is CC(NC(=O)Cc1cccc2cccnc12)c1cccc(Cl)c1. The summed E-state index contributed by atoms with van der Waals surface area (Å²) in [5, 5.41) is 4.72. The van der Waals surface area contributed by atoms with Crippen LogP contribution in [0, 0.1) is 0 Å². The van der Waals surface area contributed by atoms with Crippen LogP contribution in [0.5, 0.6) is 0 Å². The molecule has 0 spiro atoms. The number of para-hydroxylation sites is 1. The van der Waals surface area contributed by atoms with E-state index in [1.54, 1.807) is 6.20 Å². The molecule has 0 bridgehead atoms. The van der Waals surface area contributed by atoms with Gasteiger partial charge in [-0.05, 0) is 36.2 Å². The first-order chi connectivity index (χ1) is 11.1. The molecule has 2 aromatic carbocycles. The highest BCUT2D eigenvalue weighted by Crippen LogP contribution is 2.19. The summed E-state index contributed by atoms with van der Waals surface area (Å²) in [7, 11) is 0. The number of hydrogen-bond donors (Lipinski definition) is 1. The van der Waals surface area contributed by atoms with E-state index < -0.39 is 0 Å². The van der Waals surface area contributed by atoms with Gasteiger partial charge in [-0.25, -0.2) is 0 Å². The predicted octanol–water partition coefficient (Wildman–Crippen LogP) is 4.31. The van der Waals surface area contributed by atoms with Crippen molar-refractivity contribution in [2.24, 2.45) is 0 Å². The van der Waals surface area contributed by atoms with Crippen molar-refractivity contribution in [1.29, 1.82) is 0 Å². The van der Waals surface area contributed by atoms with E-state index >= 15 is 0 Å². The molecule has 0 radical (unpaired) electrons. The van der Waals surface area contributed by atoms with Crippen molar-refractivity contribution in [2.75, 3.05) is 0 Å². The maximum Gasteiger partial charge on any atom is 0.224 e. The van der Waals surface area contributed by atoms with E-state index in [0.717, 1.165) is 22.0 Å². The Labute approximate surface area is 140 Å². The lowest BCUT2D eigenvalue weighted by molar-refractivity contribution is -0.121. The summed E-state index contributed by atoms with van der Waals surface area (Å²) in [6, 6.07) is 17.2. The normalized spacial score (nSPS) is 12.1. The molecule has 1 unspecified atom stereocenters. The second-order valence-corrected chi connectivity index (χ2v) is 5.95. The molecule has 23 heavy (non-hydrogen) atoms. The van der Waals surface area contributed by atoms with E-state index in [1.165, 1.54) is 0 Å². The van der Waals surface area contributed by atoms with Crippen LogP contribution in [0.25, 0.3) is 10.9 Å². The summed E-state index contributed by atoms with van der Waals surface area (Å²) in [6.45, 7) is 1.95. The molecule has 0 aliphatic carbocycles. The molecule has 3 rings (SSSR count). The lowest BCUT2D eigenvalue weighted by atomic mass is 10.1. The van der Waals surface area contributed by atoms with Crippen molar-refractivity contribution in [3.63, 3.8) is 0 Å². The Hall–Kier alpha value is -2.39. The van der Waals surface area contributed by atoms with Crippen LogP contribution < -0.4 is 5.32 Å². The van der Waals surface area contributed by atoms with Crippen molar-refractivity contribution < 1.29 is 4.79 Å². The zero-order valence-corrected chi connectivity index (χ0v) is 13.5. The molecule has 116 valence electrons. The minimum atomic E-state index is -0.0934. The Morgan fingerprint density at radius 1 is 1.17 bits per heavy atom. The first-order valence-electron chi connectivity index (χ1n) is 7.51. The molecule has 1 atom stereocenters. The van der Waals surface area contributed by atoms with Gasteiger partial charge in [-0.2, -0.15) is 0 Å². The molecule has 1 heterocycles. The molecule has 1 N–H and O–H groups in total. The number of carbonyl (C=O) groups is 1. The zero-order valence-electron chi connectivity index (χ0n) is 12.8. The molecule has 0 aliphatic heterocycles. The fraction of sp³-hybridized carbons (Fsp3) is 0.158. The number of hydrogen-bond acceptors (Lipinski definition) is 2. The van der Waals surface area contributed by atoms with Crippen LogP contribution in [0.3, 0.4) is 0 Å². The van der Waals surface area contributed by atoms with Gasteiger partial charge >= 0.3 is 0 Å². The topological polar surface area (TPSA) is 42.0 Å². The van der Waals surface area contributed by atoms with Gasteiger partial charge < -0.3 is 5.32 Å². The van der Waals surface area contributed by atoms with Gasteiger partial charge in [0.15, 0.2) is 0 Å². The molecule has 0 aliphatic rings. The predicted molar refractivity (Wildman–Crippen MR) is 93.5 cm³/mol. The quantitative estimate of drug-likeness (QED) is 0.777. The van der Waals surface area contributed by atoms with Crippen LogP contribution in [0.4, 0.5) is 0 Å². The molecular weight excluding hydrogens is 308 g/mol. The lowest BCUT2D eigenvalue weighted by Gasteiger charge is -2.15. The Morgan fingerprint density at radius 2 is 1.96 bits per heavy atom. The van der Waals surface area contributed by atoms with Crippen molar-refractivity contribution in [3.8, 4) is 0 Å². The number of aromatic nitrogens is 1. The zero-order chi connectivity index (χ0) is 16.2. The fourth-order valence-corrected chi connectivity index (χ4v) is 2.83. The van der Waals surface area contributed by atoms with Crippen molar-refractivity contribution in [3.05, 3.63) is 76.9 Å². The summed E-state index contributed by atoms with van der Waals surface area (Å²) in [5.41, 5.74) is 2.79. The molecule has 0 saturated carbocycles. The fourth-order valence-electron chi connectivity index (χ4n) is 2.63. The highest BCUT2D eigenvalue weighted by atomic mass is 35.5. The van der Waals surface area contributed by atoms with E-state index in [2.05, 4.69) is 10.3 Å². The summed E-state index contributed by atoms with van der Waals surface area (Å²) in [6.07, 6.45) is 2.05. The average molecular weight is 325 g/mol. The summed E-state index contributed by atoms with van der Waals surface area (Å²) in [4.78, 5) is 16.7. The third-order valence-corrected chi connectivity index (χ3v) is 4.03. The molecule has 0 fully saturated rings. The van der Waals surface area contributed by atoms with E-state index in [4.69, 9.17) is 11.6 Å². The summed E-state index contributed by atoms with van der Waals surface area (Å²) >= 11 is 6.00. The number of benzene rings is 2. The standard InChI is InChI=1S/C19H17ClN2O/c1-13(15-6-3-9-17(20)11-15)22-18(23)12-16-7-2-5-14-8-4-10-21-19(14)16/h2-11,13H,12H2,1H3,(H,22,23). The van der Waals surface area contributed by atoms with Crippen LogP contribution in [0.1, 0.15) is 24.1 Å². The monoisotopic (exact) mass is 324 g/mol. The Bertz CT molecular complexity index is 842. The molecule has 3 aromatic rings. The number of rotatable bonds is 4. The maximum absolute atomic E-state index is 12.4. The first-order valence-corrected chi connectivity index (χ1v) is 7.89. The van der Waals surface area contributed by atoms with Crippen molar-refractivity contribution in [2.45, 2.75) is 19.4 Å². The molecule has 1 aromatic heterocycles. The third-order valence-electron chi connectivity index (χ3n) is 3.79. The van der Waals surface area contributed by atoms with Gasteiger partial charge in [0.05, 0.1) is 18.0 Å². The summed E-state index contributed by atoms with van der Waals surface area (Å²) < 4.78 is 0. The number of carbonyl (C=O) groups excluding carboxylic acids is 1. The average Bonchev–Trinajstić information content (AvgIpc) is 2.55. The van der Waals surface area contributed by atoms with E-state index in [0.29, 0.717) is 11.4 Å². The number of fused-ring (bicyclic) bond motifs is 1. The van der Waals surface area contributed by atoms with E-state index in [1.807, 2.05) is 61.5 Å². The number of nitrogens with one attached hydrogen (secondary N) is 1. The third kappa shape index (κ3) is 3.69. The number of pyridine rings is 1. The van der Waals surface area contributed by atoms with Crippen LogP contribution in [-0.2, 0) is 11.2 Å². The molecule has 3 nitrogen and oxygen atoms in total. The van der Waals surface area contributed by atoms with E-state index in [-0.39, 0.29) is 11.9 Å². The van der Waals surface area contributed by atoms with Crippen LogP contribution in [0.2, 0.25) is 5.02 Å². The lowest BCUT2D eigenvalue weighted by Crippen LogP contribution is -2.28. The molecule has 1 amide bonds. The maximum atomic E-state index is 12.4. The molecule has 0 saturated heterocycles. The Kier molecular flexibility index (Phi) is 4.58. The minimum Gasteiger partial charge on any atom is -0.349 e. The van der Waals surface area contributed by atoms with Crippen molar-refractivity contribution >= 4 is 28.4 Å². The van der Waals surface area contributed by atoms with Crippen LogP contribution in [-0.4, -0.2) is 10.9 Å². The second-order valence-electron chi connectivity index (χ2n) is 5.51. The second kappa shape index (κ2) is 6.80. The number of amides is 1. The van der Waals surface area contributed by atoms with Crippen LogP contribution in [0.15, 0.2) is 60.8 Å². The van der Waals surface area contributed by atoms with Gasteiger partial charge in [0.1, 0.15) is 0 Å². The Morgan fingerprint density at radius 3 is 2.78 bits per heavy atom. The van der Waals surface area contributed by atoms with Gasteiger partial charge in [0.2, 0.25) is 5.91 Å². The van der Waals surface area contributed by atoms with E-state index in [9.17, 15) is 4.79 Å². The largest absolute Gasteiger partial charge is 0.349 e. The van der Waals surface area contributed by atoms with Gasteiger partial charge in [-0.15, -0.1) is 0 Å². The van der Waals surface area contributed by atoms with Gasteiger partial charge in [-0.1, -0.05) is 48.0 Å². The highest BCUT2D eigenvalue weighted by Gasteiger charge is 2.12. The van der Waals surface area contributed by atoms with Crippen molar-refractivity contribution in [1.82, 2.24) is 10.3 Å².